The normalized spacial score (nSPS) is 14.9. The van der Waals surface area contributed by atoms with Crippen LogP contribution in [0.2, 0.25) is 5.02 Å². The number of thiophene rings is 1. The van der Waals surface area contributed by atoms with Crippen molar-refractivity contribution >= 4 is 40.0 Å². The third-order valence-corrected chi connectivity index (χ3v) is 6.02. The summed E-state index contributed by atoms with van der Waals surface area (Å²) in [5, 5.41) is 7.57. The molecule has 3 aromatic heterocycles. The molecule has 7 heteroatoms. The molecule has 0 saturated carbocycles. The quantitative estimate of drug-likeness (QED) is 0.514. The molecule has 0 aliphatic carbocycles. The number of aromatic nitrogens is 3. The van der Waals surface area contributed by atoms with E-state index >= 15 is 0 Å². The third-order valence-electron chi connectivity index (χ3n) is 4.90. The van der Waals surface area contributed by atoms with Gasteiger partial charge in [-0.2, -0.15) is 5.10 Å². The molecule has 5 nitrogen and oxygen atoms in total. The summed E-state index contributed by atoms with van der Waals surface area (Å²) in [6, 6.07) is 14.4. The summed E-state index contributed by atoms with van der Waals surface area (Å²) in [4.78, 5) is 10.6. The van der Waals surface area contributed by atoms with E-state index < -0.39 is 0 Å². The lowest BCUT2D eigenvalue weighted by Crippen LogP contribution is -2.47. The Morgan fingerprint density at radius 3 is 2.59 bits per heavy atom. The van der Waals surface area contributed by atoms with Crippen molar-refractivity contribution in [3.8, 4) is 10.6 Å². The fourth-order valence-electron chi connectivity index (χ4n) is 3.55. The summed E-state index contributed by atoms with van der Waals surface area (Å²) in [5.74, 6) is 0.999. The van der Waals surface area contributed by atoms with Crippen molar-refractivity contribution in [3.63, 3.8) is 0 Å². The molecule has 5 rings (SSSR count). The lowest BCUT2D eigenvalue weighted by Gasteiger charge is -2.36. The van der Waals surface area contributed by atoms with Gasteiger partial charge in [-0.25, -0.2) is 9.50 Å². The highest BCUT2D eigenvalue weighted by atomic mass is 35.5. The maximum absolute atomic E-state index is 6.14. The molecule has 0 amide bonds. The molecule has 0 radical (unpaired) electrons. The Morgan fingerprint density at radius 2 is 1.81 bits per heavy atom. The second-order valence-electron chi connectivity index (χ2n) is 6.54. The first-order valence-corrected chi connectivity index (χ1v) is 10.2. The highest BCUT2D eigenvalue weighted by molar-refractivity contribution is 7.13. The van der Waals surface area contributed by atoms with E-state index in [4.69, 9.17) is 16.7 Å². The van der Waals surface area contributed by atoms with Crippen molar-refractivity contribution in [1.82, 2.24) is 14.6 Å². The third kappa shape index (κ3) is 3.15. The molecule has 27 heavy (non-hydrogen) atoms. The maximum atomic E-state index is 6.14. The molecule has 0 bridgehead atoms. The molecule has 1 aliphatic rings. The highest BCUT2D eigenvalue weighted by Crippen LogP contribution is 2.29. The van der Waals surface area contributed by atoms with Crippen LogP contribution in [-0.2, 0) is 0 Å². The van der Waals surface area contributed by atoms with Gasteiger partial charge >= 0.3 is 0 Å². The van der Waals surface area contributed by atoms with Crippen LogP contribution in [0.4, 0.5) is 11.5 Å². The number of fused-ring (bicyclic) bond motifs is 1. The summed E-state index contributed by atoms with van der Waals surface area (Å²) < 4.78 is 1.93. The van der Waals surface area contributed by atoms with Gasteiger partial charge in [0.05, 0.1) is 4.88 Å². The smallest absolute Gasteiger partial charge is 0.154 e. The fraction of sp³-hybridized carbons (Fsp3) is 0.200. The fourth-order valence-corrected chi connectivity index (χ4v) is 4.41. The van der Waals surface area contributed by atoms with Gasteiger partial charge in [0.25, 0.3) is 0 Å². The molecule has 136 valence electrons. The van der Waals surface area contributed by atoms with Crippen molar-refractivity contribution in [2.45, 2.75) is 0 Å². The Kier molecular flexibility index (Phi) is 4.22. The van der Waals surface area contributed by atoms with E-state index in [1.165, 1.54) is 10.6 Å². The van der Waals surface area contributed by atoms with Crippen LogP contribution in [0, 0.1) is 0 Å². The van der Waals surface area contributed by atoms with Gasteiger partial charge in [-0.05, 0) is 35.7 Å². The number of anilines is 2. The minimum absolute atomic E-state index is 0.779. The maximum Gasteiger partial charge on any atom is 0.154 e. The summed E-state index contributed by atoms with van der Waals surface area (Å²) in [7, 11) is 0. The Bertz CT molecular complexity index is 1070. The van der Waals surface area contributed by atoms with E-state index in [9.17, 15) is 0 Å². The first-order chi connectivity index (χ1) is 13.3. The topological polar surface area (TPSA) is 36.7 Å². The van der Waals surface area contributed by atoms with Gasteiger partial charge in [-0.15, -0.1) is 11.3 Å². The van der Waals surface area contributed by atoms with Crippen LogP contribution in [0.5, 0.6) is 0 Å². The summed E-state index contributed by atoms with van der Waals surface area (Å²) in [5.41, 5.74) is 3.23. The van der Waals surface area contributed by atoms with Gasteiger partial charge < -0.3 is 9.80 Å². The molecule has 4 aromatic rings. The van der Waals surface area contributed by atoms with E-state index in [2.05, 4.69) is 44.4 Å². The van der Waals surface area contributed by atoms with Gasteiger partial charge in [-0.1, -0.05) is 23.7 Å². The van der Waals surface area contributed by atoms with E-state index in [0.717, 1.165) is 48.2 Å². The van der Waals surface area contributed by atoms with E-state index in [1.54, 1.807) is 11.3 Å². The molecular weight excluding hydrogens is 378 g/mol. The lowest BCUT2D eigenvalue weighted by molar-refractivity contribution is 0.647. The van der Waals surface area contributed by atoms with E-state index in [-0.39, 0.29) is 0 Å². The van der Waals surface area contributed by atoms with Crippen LogP contribution in [0.25, 0.3) is 16.1 Å². The zero-order valence-corrected chi connectivity index (χ0v) is 16.2. The van der Waals surface area contributed by atoms with Crippen molar-refractivity contribution in [1.29, 1.82) is 0 Å². The number of piperazine rings is 1. The molecule has 0 N–H and O–H groups in total. The number of halogens is 1. The largest absolute Gasteiger partial charge is 0.368 e. The van der Waals surface area contributed by atoms with Gasteiger partial charge in [0, 0.05) is 49.3 Å². The highest BCUT2D eigenvalue weighted by Gasteiger charge is 2.21. The van der Waals surface area contributed by atoms with Crippen molar-refractivity contribution < 1.29 is 0 Å². The van der Waals surface area contributed by atoms with Gasteiger partial charge in [-0.3, -0.25) is 0 Å². The summed E-state index contributed by atoms with van der Waals surface area (Å²) in [6.45, 7) is 3.71. The monoisotopic (exact) mass is 395 g/mol. The number of hydrogen-bond donors (Lipinski definition) is 0. The Labute approximate surface area is 166 Å². The first-order valence-electron chi connectivity index (χ1n) is 8.92. The molecule has 0 unspecified atom stereocenters. The predicted molar refractivity (Wildman–Crippen MR) is 112 cm³/mol. The molecular formula is C20H18ClN5S. The minimum Gasteiger partial charge on any atom is -0.368 e. The summed E-state index contributed by atoms with van der Waals surface area (Å²) in [6.07, 6.45) is 3.75. The van der Waals surface area contributed by atoms with Crippen LogP contribution in [0.1, 0.15) is 0 Å². The molecule has 4 heterocycles. The number of hydrogen-bond acceptors (Lipinski definition) is 5. The van der Waals surface area contributed by atoms with Gasteiger partial charge in [0.15, 0.2) is 5.82 Å². The average Bonchev–Trinajstić information content (AvgIpc) is 3.37. The molecule has 0 atom stereocenters. The van der Waals surface area contributed by atoms with Crippen molar-refractivity contribution in [2.75, 3.05) is 36.0 Å². The standard InChI is InChI=1S/C20H18ClN5S/c21-15-3-1-4-16(13-15)24-8-10-25(11-9-24)20-18-14-17(19-5-2-12-27-19)23-26(18)7-6-22-20/h1-7,12-14H,8-11H2. The zero-order chi connectivity index (χ0) is 18.2. The van der Waals surface area contributed by atoms with Crippen molar-refractivity contribution in [2.24, 2.45) is 0 Å². The van der Waals surface area contributed by atoms with Crippen molar-refractivity contribution in [3.05, 3.63) is 65.3 Å². The second kappa shape index (κ2) is 6.87. The average molecular weight is 396 g/mol. The number of rotatable bonds is 3. The minimum atomic E-state index is 0.779. The Hall–Kier alpha value is -2.57. The van der Waals surface area contributed by atoms with Crippen LogP contribution in [0.15, 0.2) is 60.2 Å². The molecule has 0 spiro atoms. The predicted octanol–water partition coefficient (Wildman–Crippen LogP) is 4.44. The summed E-state index contributed by atoms with van der Waals surface area (Å²) >= 11 is 7.85. The molecule has 1 fully saturated rings. The number of benzene rings is 1. The second-order valence-corrected chi connectivity index (χ2v) is 7.93. The zero-order valence-electron chi connectivity index (χ0n) is 14.6. The SMILES string of the molecule is Clc1cccc(N2CCN(c3nccn4nc(-c5cccs5)cc34)CC2)c1. The van der Waals surface area contributed by atoms with Gasteiger partial charge in [0.2, 0.25) is 0 Å². The van der Waals surface area contributed by atoms with Crippen LogP contribution in [0.3, 0.4) is 0 Å². The molecule has 1 aliphatic heterocycles. The van der Waals surface area contributed by atoms with Crippen LogP contribution >= 0.6 is 22.9 Å². The van der Waals surface area contributed by atoms with Crippen LogP contribution < -0.4 is 9.80 Å². The molecule has 1 aromatic carbocycles. The van der Waals surface area contributed by atoms with E-state index in [0.29, 0.717) is 0 Å². The van der Waals surface area contributed by atoms with E-state index in [1.807, 2.05) is 35.1 Å². The first kappa shape index (κ1) is 16.6. The van der Waals surface area contributed by atoms with Crippen LogP contribution in [-0.4, -0.2) is 40.8 Å². The number of nitrogens with zero attached hydrogens (tertiary/aromatic N) is 5. The Balaban J connectivity index is 1.40. The Morgan fingerprint density at radius 1 is 0.963 bits per heavy atom. The molecule has 1 saturated heterocycles. The van der Waals surface area contributed by atoms with Gasteiger partial charge in [0.1, 0.15) is 11.2 Å². The lowest BCUT2D eigenvalue weighted by atomic mass is 10.2.